The van der Waals surface area contributed by atoms with Gasteiger partial charge < -0.3 is 10.6 Å². The summed E-state index contributed by atoms with van der Waals surface area (Å²) in [5.41, 5.74) is 1.40. The molecule has 0 spiro atoms. The van der Waals surface area contributed by atoms with Gasteiger partial charge in [0.05, 0.1) is 12.6 Å². The van der Waals surface area contributed by atoms with Gasteiger partial charge >= 0.3 is 5.69 Å². The van der Waals surface area contributed by atoms with Gasteiger partial charge in [-0.05, 0) is 43.1 Å². The number of rotatable bonds is 4. The van der Waals surface area contributed by atoms with Gasteiger partial charge in [0.2, 0.25) is 5.91 Å². The standard InChI is InChI=1S/C16H18N4O2/c21-15(14-6-2-7-17-14)19-13-5-1-4-12(10-13)11-20-9-3-8-18-16(20)22/h1,3-5,8-10,14,17H,2,6-7,11H2,(H,19,21). The van der Waals surface area contributed by atoms with Crippen molar-refractivity contribution in [2.24, 2.45) is 0 Å². The predicted molar refractivity (Wildman–Crippen MR) is 83.7 cm³/mol. The third-order valence-corrected chi connectivity index (χ3v) is 3.71. The quantitative estimate of drug-likeness (QED) is 0.882. The molecule has 1 unspecified atom stereocenters. The molecular weight excluding hydrogens is 280 g/mol. The fraction of sp³-hybridized carbons (Fsp3) is 0.312. The Morgan fingerprint density at radius 1 is 1.41 bits per heavy atom. The summed E-state index contributed by atoms with van der Waals surface area (Å²) in [5, 5.41) is 6.09. The minimum atomic E-state index is -0.285. The van der Waals surface area contributed by atoms with E-state index in [4.69, 9.17) is 0 Å². The summed E-state index contributed by atoms with van der Waals surface area (Å²) in [6, 6.07) is 9.13. The van der Waals surface area contributed by atoms with E-state index in [-0.39, 0.29) is 17.6 Å². The largest absolute Gasteiger partial charge is 0.347 e. The molecule has 1 aromatic carbocycles. The lowest BCUT2D eigenvalue weighted by molar-refractivity contribution is -0.117. The first-order valence-corrected chi connectivity index (χ1v) is 7.37. The molecular formula is C16H18N4O2. The molecule has 1 atom stereocenters. The molecule has 1 aliphatic rings. The molecule has 1 amide bonds. The average Bonchev–Trinajstić information content (AvgIpc) is 3.04. The molecule has 6 heteroatoms. The summed E-state index contributed by atoms with van der Waals surface area (Å²) >= 11 is 0. The Morgan fingerprint density at radius 2 is 2.32 bits per heavy atom. The molecule has 114 valence electrons. The number of benzene rings is 1. The fourth-order valence-corrected chi connectivity index (χ4v) is 2.59. The second-order valence-corrected chi connectivity index (χ2v) is 5.37. The number of hydrogen-bond donors (Lipinski definition) is 2. The van der Waals surface area contributed by atoms with E-state index in [1.54, 1.807) is 12.3 Å². The minimum Gasteiger partial charge on any atom is -0.325 e. The zero-order chi connectivity index (χ0) is 15.4. The first-order valence-electron chi connectivity index (χ1n) is 7.37. The minimum absolute atomic E-state index is 0.00630. The van der Waals surface area contributed by atoms with Crippen LogP contribution in [0.1, 0.15) is 18.4 Å². The summed E-state index contributed by atoms with van der Waals surface area (Å²) in [6.45, 7) is 1.32. The van der Waals surface area contributed by atoms with Gasteiger partial charge in [-0.1, -0.05) is 12.1 Å². The van der Waals surface area contributed by atoms with Crippen molar-refractivity contribution in [1.82, 2.24) is 14.9 Å². The summed E-state index contributed by atoms with van der Waals surface area (Å²) in [4.78, 5) is 27.5. The van der Waals surface area contributed by atoms with Crippen LogP contribution in [-0.2, 0) is 11.3 Å². The lowest BCUT2D eigenvalue weighted by atomic mass is 10.1. The normalized spacial score (nSPS) is 17.4. The number of nitrogens with one attached hydrogen (secondary N) is 2. The van der Waals surface area contributed by atoms with Crippen molar-refractivity contribution in [1.29, 1.82) is 0 Å². The molecule has 1 saturated heterocycles. The highest BCUT2D eigenvalue weighted by atomic mass is 16.2. The van der Waals surface area contributed by atoms with Gasteiger partial charge in [0.1, 0.15) is 0 Å². The number of amides is 1. The van der Waals surface area contributed by atoms with Crippen molar-refractivity contribution in [3.05, 3.63) is 58.8 Å². The number of hydrogen-bond acceptors (Lipinski definition) is 4. The zero-order valence-corrected chi connectivity index (χ0v) is 12.2. The van der Waals surface area contributed by atoms with Crippen molar-refractivity contribution in [2.45, 2.75) is 25.4 Å². The van der Waals surface area contributed by atoms with Gasteiger partial charge in [-0.3, -0.25) is 9.36 Å². The first kappa shape index (κ1) is 14.5. The molecule has 0 saturated carbocycles. The Morgan fingerprint density at radius 3 is 3.09 bits per heavy atom. The molecule has 0 radical (unpaired) electrons. The Labute approximate surface area is 128 Å². The van der Waals surface area contributed by atoms with Crippen molar-refractivity contribution in [3.8, 4) is 0 Å². The summed E-state index contributed by atoms with van der Waals surface area (Å²) in [6.07, 6.45) is 5.08. The Bertz CT molecular complexity index is 720. The number of nitrogens with zero attached hydrogens (tertiary/aromatic N) is 2. The molecule has 1 fully saturated rings. The second kappa shape index (κ2) is 6.53. The summed E-state index contributed by atoms with van der Waals surface area (Å²) < 4.78 is 1.53. The SMILES string of the molecule is O=C(Nc1cccc(Cn2cccnc2=O)c1)C1CCCN1. The first-order chi connectivity index (χ1) is 10.7. The third kappa shape index (κ3) is 3.40. The predicted octanol–water partition coefficient (Wildman–Crippen LogP) is 0.982. The van der Waals surface area contributed by atoms with E-state index in [9.17, 15) is 9.59 Å². The van der Waals surface area contributed by atoms with Gasteiger partial charge in [0, 0.05) is 18.1 Å². The number of carbonyl (C=O) groups excluding carboxylic acids is 1. The highest BCUT2D eigenvalue weighted by Crippen LogP contribution is 2.13. The van der Waals surface area contributed by atoms with Crippen LogP contribution in [0.25, 0.3) is 0 Å². The van der Waals surface area contributed by atoms with Crippen LogP contribution in [0.15, 0.2) is 47.5 Å². The van der Waals surface area contributed by atoms with E-state index in [0.717, 1.165) is 30.6 Å². The van der Waals surface area contributed by atoms with Crippen LogP contribution < -0.4 is 16.3 Å². The zero-order valence-electron chi connectivity index (χ0n) is 12.2. The molecule has 1 aromatic heterocycles. The molecule has 3 rings (SSSR count). The highest BCUT2D eigenvalue weighted by Gasteiger charge is 2.21. The molecule has 0 aliphatic carbocycles. The summed E-state index contributed by atoms with van der Waals surface area (Å²) in [7, 11) is 0. The average molecular weight is 298 g/mol. The van der Waals surface area contributed by atoms with Gasteiger partial charge in [-0.2, -0.15) is 0 Å². The van der Waals surface area contributed by atoms with Crippen LogP contribution in [0.5, 0.6) is 0 Å². The van der Waals surface area contributed by atoms with Crippen LogP contribution >= 0.6 is 0 Å². The van der Waals surface area contributed by atoms with E-state index in [1.807, 2.05) is 24.3 Å². The van der Waals surface area contributed by atoms with E-state index >= 15 is 0 Å². The van der Waals surface area contributed by atoms with Crippen molar-refractivity contribution < 1.29 is 4.79 Å². The fourth-order valence-electron chi connectivity index (χ4n) is 2.59. The Hall–Kier alpha value is -2.47. The van der Waals surface area contributed by atoms with E-state index in [1.165, 1.54) is 10.8 Å². The maximum atomic E-state index is 12.1. The topological polar surface area (TPSA) is 76.0 Å². The van der Waals surface area contributed by atoms with Crippen molar-refractivity contribution in [3.63, 3.8) is 0 Å². The van der Waals surface area contributed by atoms with E-state index in [0.29, 0.717) is 6.54 Å². The summed E-state index contributed by atoms with van der Waals surface area (Å²) in [5.74, 6) is -0.00630. The van der Waals surface area contributed by atoms with Crippen LogP contribution in [-0.4, -0.2) is 28.0 Å². The monoisotopic (exact) mass is 298 g/mol. The van der Waals surface area contributed by atoms with E-state index in [2.05, 4.69) is 15.6 Å². The second-order valence-electron chi connectivity index (χ2n) is 5.37. The molecule has 2 N–H and O–H groups in total. The van der Waals surface area contributed by atoms with Crippen LogP contribution in [0.2, 0.25) is 0 Å². The van der Waals surface area contributed by atoms with Crippen molar-refractivity contribution >= 4 is 11.6 Å². The smallest absolute Gasteiger partial charge is 0.325 e. The lowest BCUT2D eigenvalue weighted by Gasteiger charge is -2.12. The molecule has 0 bridgehead atoms. The van der Waals surface area contributed by atoms with Crippen LogP contribution in [0.4, 0.5) is 5.69 Å². The third-order valence-electron chi connectivity index (χ3n) is 3.71. The van der Waals surface area contributed by atoms with Gasteiger partial charge in [0.25, 0.3) is 0 Å². The highest BCUT2D eigenvalue weighted by molar-refractivity contribution is 5.95. The molecule has 2 aromatic rings. The van der Waals surface area contributed by atoms with Gasteiger partial charge in [-0.15, -0.1) is 0 Å². The lowest BCUT2D eigenvalue weighted by Crippen LogP contribution is -2.35. The van der Waals surface area contributed by atoms with Gasteiger partial charge in [-0.25, -0.2) is 9.78 Å². The number of carbonyl (C=O) groups is 1. The van der Waals surface area contributed by atoms with Crippen LogP contribution in [0.3, 0.4) is 0 Å². The van der Waals surface area contributed by atoms with Crippen LogP contribution in [0, 0.1) is 0 Å². The number of anilines is 1. The van der Waals surface area contributed by atoms with E-state index < -0.39 is 0 Å². The molecule has 1 aliphatic heterocycles. The molecule has 6 nitrogen and oxygen atoms in total. The van der Waals surface area contributed by atoms with Gasteiger partial charge in [0.15, 0.2) is 0 Å². The Kier molecular flexibility index (Phi) is 4.29. The maximum Gasteiger partial charge on any atom is 0.347 e. The molecule has 2 heterocycles. The maximum absolute atomic E-state index is 12.1. The van der Waals surface area contributed by atoms with Crippen molar-refractivity contribution in [2.75, 3.05) is 11.9 Å². The number of aromatic nitrogens is 2. The Balaban J connectivity index is 1.71. The molecule has 22 heavy (non-hydrogen) atoms.